The van der Waals surface area contributed by atoms with E-state index in [1.54, 1.807) is 11.3 Å². The second-order valence-corrected chi connectivity index (χ2v) is 6.79. The maximum Gasteiger partial charge on any atom is 0.127 e. The van der Waals surface area contributed by atoms with Crippen LogP contribution in [0.15, 0.2) is 34.2 Å². The molecule has 2 aromatic heterocycles. The van der Waals surface area contributed by atoms with E-state index in [4.69, 9.17) is 0 Å². The van der Waals surface area contributed by atoms with E-state index in [9.17, 15) is 0 Å². The van der Waals surface area contributed by atoms with Crippen LogP contribution in [0.3, 0.4) is 0 Å². The van der Waals surface area contributed by atoms with Crippen LogP contribution >= 0.6 is 27.3 Å². The van der Waals surface area contributed by atoms with Gasteiger partial charge >= 0.3 is 0 Å². The molecule has 19 heavy (non-hydrogen) atoms. The van der Waals surface area contributed by atoms with Crippen LogP contribution in [-0.4, -0.2) is 18.1 Å². The molecule has 0 saturated heterocycles. The van der Waals surface area contributed by atoms with Gasteiger partial charge in [-0.15, -0.1) is 11.3 Å². The van der Waals surface area contributed by atoms with Crippen molar-refractivity contribution < 1.29 is 0 Å². The normalized spacial score (nSPS) is 10.4. The zero-order chi connectivity index (χ0) is 13.5. The van der Waals surface area contributed by atoms with Crippen molar-refractivity contribution in [1.29, 1.82) is 0 Å². The van der Waals surface area contributed by atoms with Crippen molar-refractivity contribution in [3.8, 4) is 0 Å². The van der Waals surface area contributed by atoms with Crippen LogP contribution in [-0.2, 0) is 6.42 Å². The highest BCUT2D eigenvalue weighted by molar-refractivity contribution is 9.11. The summed E-state index contributed by atoms with van der Waals surface area (Å²) in [6, 6.07) is 8.32. The van der Waals surface area contributed by atoms with Gasteiger partial charge in [-0.1, -0.05) is 6.92 Å². The van der Waals surface area contributed by atoms with E-state index in [1.807, 2.05) is 12.3 Å². The van der Waals surface area contributed by atoms with Gasteiger partial charge in [0.05, 0.1) is 3.79 Å². The molecule has 5 heteroatoms. The number of nitrogens with zero attached hydrogens (tertiary/aromatic N) is 1. The lowest BCUT2D eigenvalue weighted by atomic mass is 10.3. The second kappa shape index (κ2) is 7.50. The van der Waals surface area contributed by atoms with Crippen LogP contribution in [0.25, 0.3) is 0 Å². The highest BCUT2D eigenvalue weighted by Gasteiger charge is 1.99. The molecule has 0 aliphatic carbocycles. The molecule has 2 rings (SSSR count). The minimum absolute atomic E-state index is 0.935. The average molecular weight is 340 g/mol. The van der Waals surface area contributed by atoms with Gasteiger partial charge in [0.25, 0.3) is 0 Å². The van der Waals surface area contributed by atoms with Crippen molar-refractivity contribution in [1.82, 2.24) is 4.98 Å². The lowest BCUT2D eigenvalue weighted by molar-refractivity contribution is 0.968. The first-order valence-corrected chi connectivity index (χ1v) is 8.07. The molecule has 2 aromatic rings. The molecule has 0 atom stereocenters. The summed E-state index contributed by atoms with van der Waals surface area (Å²) < 4.78 is 1.19. The van der Waals surface area contributed by atoms with Gasteiger partial charge in [0, 0.05) is 35.9 Å². The topological polar surface area (TPSA) is 37.0 Å². The quantitative estimate of drug-likeness (QED) is 0.785. The number of pyridine rings is 1. The zero-order valence-corrected chi connectivity index (χ0v) is 13.4. The van der Waals surface area contributed by atoms with Crippen LogP contribution in [0, 0.1) is 0 Å². The van der Waals surface area contributed by atoms with E-state index in [-0.39, 0.29) is 0 Å². The molecule has 2 heterocycles. The largest absolute Gasteiger partial charge is 0.385 e. The fraction of sp³-hybridized carbons (Fsp3) is 0.357. The average Bonchev–Trinajstić information content (AvgIpc) is 2.83. The van der Waals surface area contributed by atoms with E-state index in [1.165, 1.54) is 8.66 Å². The number of rotatable bonds is 7. The van der Waals surface area contributed by atoms with Crippen LogP contribution in [0.1, 0.15) is 18.2 Å². The maximum absolute atomic E-state index is 4.29. The Morgan fingerprint density at radius 1 is 1.21 bits per heavy atom. The van der Waals surface area contributed by atoms with Crippen LogP contribution < -0.4 is 10.6 Å². The first kappa shape index (κ1) is 14.3. The number of anilines is 2. The zero-order valence-electron chi connectivity index (χ0n) is 10.9. The van der Waals surface area contributed by atoms with Gasteiger partial charge in [-0.3, -0.25) is 0 Å². The van der Waals surface area contributed by atoms with E-state index in [0.29, 0.717) is 0 Å². The van der Waals surface area contributed by atoms with Crippen LogP contribution in [0.2, 0.25) is 0 Å². The third-order valence-corrected chi connectivity index (χ3v) is 4.33. The molecule has 0 saturated carbocycles. The first-order chi connectivity index (χ1) is 9.28. The van der Waals surface area contributed by atoms with E-state index < -0.39 is 0 Å². The molecule has 0 radical (unpaired) electrons. The Morgan fingerprint density at radius 2 is 2.11 bits per heavy atom. The number of hydrogen-bond acceptors (Lipinski definition) is 4. The molecular formula is C14H18BrN3S. The van der Waals surface area contributed by atoms with E-state index in [2.05, 4.69) is 56.7 Å². The van der Waals surface area contributed by atoms with Gasteiger partial charge in [0.2, 0.25) is 0 Å². The third-order valence-electron chi connectivity index (χ3n) is 2.65. The van der Waals surface area contributed by atoms with Gasteiger partial charge in [-0.05, 0) is 47.0 Å². The Hall–Kier alpha value is -1.07. The molecule has 0 aliphatic rings. The fourth-order valence-corrected chi connectivity index (χ4v) is 3.19. The molecule has 0 bridgehead atoms. The third kappa shape index (κ3) is 4.84. The van der Waals surface area contributed by atoms with Crippen molar-refractivity contribution >= 4 is 38.8 Å². The maximum atomic E-state index is 4.29. The minimum Gasteiger partial charge on any atom is -0.385 e. The highest BCUT2D eigenvalue weighted by atomic mass is 79.9. The molecule has 0 unspecified atom stereocenters. The van der Waals surface area contributed by atoms with Crippen molar-refractivity contribution in [2.75, 3.05) is 23.7 Å². The summed E-state index contributed by atoms with van der Waals surface area (Å²) >= 11 is 5.27. The number of nitrogens with one attached hydrogen (secondary N) is 2. The number of thiophene rings is 1. The SMILES string of the molecule is CCCNc1cc(NCCc2ccc(Br)s2)ccn1. The molecule has 0 aliphatic heterocycles. The smallest absolute Gasteiger partial charge is 0.127 e. The monoisotopic (exact) mass is 339 g/mol. The summed E-state index contributed by atoms with van der Waals surface area (Å²) in [4.78, 5) is 5.68. The van der Waals surface area contributed by atoms with Gasteiger partial charge in [-0.25, -0.2) is 4.98 Å². The number of aromatic nitrogens is 1. The molecule has 0 spiro atoms. The van der Waals surface area contributed by atoms with Crippen LogP contribution in [0.4, 0.5) is 11.5 Å². The molecule has 2 N–H and O–H groups in total. The second-order valence-electron chi connectivity index (χ2n) is 4.24. The summed E-state index contributed by atoms with van der Waals surface area (Å²) in [5.74, 6) is 0.936. The van der Waals surface area contributed by atoms with Crippen LogP contribution in [0.5, 0.6) is 0 Å². The van der Waals surface area contributed by atoms with Gasteiger partial charge in [0.15, 0.2) is 0 Å². The minimum atomic E-state index is 0.935. The van der Waals surface area contributed by atoms with Gasteiger partial charge < -0.3 is 10.6 Å². The predicted molar refractivity (Wildman–Crippen MR) is 87.2 cm³/mol. The molecule has 0 fully saturated rings. The predicted octanol–water partition coefficient (Wildman–Crippen LogP) is 4.38. The summed E-state index contributed by atoms with van der Waals surface area (Å²) in [6.45, 7) is 4.04. The highest BCUT2D eigenvalue weighted by Crippen LogP contribution is 2.22. The Morgan fingerprint density at radius 3 is 2.84 bits per heavy atom. The summed E-state index contributed by atoms with van der Waals surface area (Å²) in [5, 5.41) is 6.72. The molecule has 0 amide bonds. The van der Waals surface area contributed by atoms with Gasteiger partial charge in [-0.2, -0.15) is 0 Å². The first-order valence-electron chi connectivity index (χ1n) is 6.46. The molecular weight excluding hydrogens is 322 g/mol. The van der Waals surface area contributed by atoms with E-state index in [0.717, 1.165) is 37.4 Å². The lowest BCUT2D eigenvalue weighted by Crippen LogP contribution is -2.06. The van der Waals surface area contributed by atoms with Crippen molar-refractivity contribution in [2.24, 2.45) is 0 Å². The Kier molecular flexibility index (Phi) is 5.66. The van der Waals surface area contributed by atoms with Gasteiger partial charge in [0.1, 0.15) is 5.82 Å². The Labute approximate surface area is 126 Å². The van der Waals surface area contributed by atoms with Crippen molar-refractivity contribution in [3.63, 3.8) is 0 Å². The Balaban J connectivity index is 1.82. The Bertz CT molecular complexity index is 513. The van der Waals surface area contributed by atoms with Crippen molar-refractivity contribution in [3.05, 3.63) is 39.1 Å². The molecule has 3 nitrogen and oxygen atoms in total. The summed E-state index contributed by atoms with van der Waals surface area (Å²) in [6.07, 6.45) is 3.98. The molecule has 102 valence electrons. The molecule has 0 aromatic carbocycles. The lowest BCUT2D eigenvalue weighted by Gasteiger charge is -2.08. The summed E-state index contributed by atoms with van der Waals surface area (Å²) in [5.41, 5.74) is 1.12. The summed E-state index contributed by atoms with van der Waals surface area (Å²) in [7, 11) is 0. The van der Waals surface area contributed by atoms with E-state index >= 15 is 0 Å². The standard InChI is InChI=1S/C14H18BrN3S/c1-2-7-17-14-10-11(5-8-18-14)16-9-6-12-3-4-13(15)19-12/h3-5,8,10H,2,6-7,9H2,1H3,(H2,16,17,18). The number of hydrogen-bond donors (Lipinski definition) is 2. The number of halogens is 1. The van der Waals surface area contributed by atoms with Crippen molar-refractivity contribution in [2.45, 2.75) is 19.8 Å². The fourth-order valence-electron chi connectivity index (χ4n) is 1.71.